The van der Waals surface area contributed by atoms with Crippen molar-refractivity contribution in [3.63, 3.8) is 0 Å². The summed E-state index contributed by atoms with van der Waals surface area (Å²) >= 11 is 0. The molecule has 26 heavy (non-hydrogen) atoms. The number of carbonyl (C=O) groups excluding carboxylic acids is 1. The Balaban J connectivity index is 1.69. The molecule has 1 saturated heterocycles. The van der Waals surface area contributed by atoms with Gasteiger partial charge in [0.1, 0.15) is 11.6 Å². The zero-order valence-electron chi connectivity index (χ0n) is 14.8. The summed E-state index contributed by atoms with van der Waals surface area (Å²) in [7, 11) is 1.63. The van der Waals surface area contributed by atoms with Crippen LogP contribution in [0.25, 0.3) is 11.0 Å². The van der Waals surface area contributed by atoms with E-state index in [9.17, 15) is 4.79 Å². The normalized spacial score (nSPS) is 17.0. The van der Waals surface area contributed by atoms with Gasteiger partial charge in [-0.15, -0.1) is 6.58 Å². The number of methoxy groups -OCH3 is 1. The minimum Gasteiger partial charge on any atom is -0.497 e. The van der Waals surface area contributed by atoms with Crippen LogP contribution in [-0.4, -0.2) is 29.1 Å². The van der Waals surface area contributed by atoms with E-state index in [0.717, 1.165) is 28.3 Å². The summed E-state index contributed by atoms with van der Waals surface area (Å²) in [6, 6.07) is 15.7. The van der Waals surface area contributed by atoms with Gasteiger partial charge in [-0.25, -0.2) is 4.98 Å². The number of carbonyl (C=O) groups is 1. The highest BCUT2D eigenvalue weighted by atomic mass is 16.5. The summed E-state index contributed by atoms with van der Waals surface area (Å²) in [5.74, 6) is 1.86. The molecule has 3 aromatic rings. The van der Waals surface area contributed by atoms with Crippen molar-refractivity contribution in [1.82, 2.24) is 9.55 Å². The van der Waals surface area contributed by atoms with Gasteiger partial charge in [-0.1, -0.05) is 24.3 Å². The summed E-state index contributed by atoms with van der Waals surface area (Å²) in [5, 5.41) is 0. The van der Waals surface area contributed by atoms with Gasteiger partial charge >= 0.3 is 0 Å². The van der Waals surface area contributed by atoms with E-state index in [1.165, 1.54) is 0 Å². The second kappa shape index (κ2) is 6.67. The second-order valence-electron chi connectivity index (χ2n) is 6.46. The minimum atomic E-state index is 0.0565. The van der Waals surface area contributed by atoms with Gasteiger partial charge < -0.3 is 14.2 Å². The lowest BCUT2D eigenvalue weighted by atomic mass is 10.1. The number of anilines is 1. The number of amides is 1. The van der Waals surface area contributed by atoms with E-state index in [0.29, 0.717) is 19.5 Å². The molecule has 1 atom stereocenters. The zero-order chi connectivity index (χ0) is 18.1. The number of para-hydroxylation sites is 2. The number of nitrogens with zero attached hydrogens (tertiary/aromatic N) is 3. The molecule has 5 heteroatoms. The molecule has 0 radical (unpaired) electrons. The molecule has 0 saturated carbocycles. The maximum absolute atomic E-state index is 12.7. The van der Waals surface area contributed by atoms with Crippen molar-refractivity contribution in [2.75, 3.05) is 18.6 Å². The van der Waals surface area contributed by atoms with Crippen molar-refractivity contribution in [3.05, 3.63) is 67.0 Å². The molecule has 1 amide bonds. The average Bonchev–Trinajstić information content (AvgIpc) is 3.23. The highest BCUT2D eigenvalue weighted by Crippen LogP contribution is 2.34. The van der Waals surface area contributed by atoms with Gasteiger partial charge in [0.25, 0.3) is 0 Å². The minimum absolute atomic E-state index is 0.0565. The molecular formula is C21H21N3O2. The first-order valence-corrected chi connectivity index (χ1v) is 8.71. The smallest absolute Gasteiger partial charge is 0.227 e. The van der Waals surface area contributed by atoms with Gasteiger partial charge in [0.2, 0.25) is 5.91 Å². The summed E-state index contributed by atoms with van der Waals surface area (Å²) in [6.07, 6.45) is 2.33. The van der Waals surface area contributed by atoms with Crippen LogP contribution in [0.3, 0.4) is 0 Å². The van der Waals surface area contributed by atoms with Crippen molar-refractivity contribution >= 4 is 22.6 Å². The number of aromatic nitrogens is 2. The van der Waals surface area contributed by atoms with Crippen LogP contribution in [0, 0.1) is 0 Å². The van der Waals surface area contributed by atoms with Crippen molar-refractivity contribution < 1.29 is 9.53 Å². The fourth-order valence-corrected chi connectivity index (χ4v) is 3.64. The Bertz CT molecular complexity index is 976. The zero-order valence-corrected chi connectivity index (χ0v) is 14.8. The van der Waals surface area contributed by atoms with Gasteiger partial charge in [0.05, 0.1) is 18.1 Å². The van der Waals surface area contributed by atoms with Crippen molar-refractivity contribution in [3.8, 4) is 5.75 Å². The molecule has 2 aromatic carbocycles. The Morgan fingerprint density at radius 2 is 2.12 bits per heavy atom. The lowest BCUT2D eigenvalue weighted by Gasteiger charge is -2.18. The molecule has 2 heterocycles. The standard InChI is InChI=1S/C21H21N3O2/c1-3-11-23-19-10-5-4-9-18(19)22-21(23)15-12-20(25)24(14-15)16-7-6-8-17(13-16)26-2/h3-10,13,15H,1,11-12,14H2,2H3/t15-/m0/s1. The van der Waals surface area contributed by atoms with Crippen molar-refractivity contribution in [2.24, 2.45) is 0 Å². The Morgan fingerprint density at radius 1 is 1.27 bits per heavy atom. The Kier molecular flexibility index (Phi) is 4.21. The number of hydrogen-bond acceptors (Lipinski definition) is 3. The van der Waals surface area contributed by atoms with E-state index in [2.05, 4.69) is 17.2 Å². The monoisotopic (exact) mass is 347 g/mol. The average molecular weight is 347 g/mol. The number of benzene rings is 2. The third-order valence-electron chi connectivity index (χ3n) is 4.85. The van der Waals surface area contributed by atoms with Crippen LogP contribution < -0.4 is 9.64 Å². The molecule has 1 fully saturated rings. The number of allylic oxidation sites excluding steroid dienone is 1. The summed E-state index contributed by atoms with van der Waals surface area (Å²) in [5.41, 5.74) is 2.90. The Labute approximate surface area is 152 Å². The third kappa shape index (κ3) is 2.75. The lowest BCUT2D eigenvalue weighted by molar-refractivity contribution is -0.117. The summed E-state index contributed by atoms with van der Waals surface area (Å²) < 4.78 is 7.45. The number of fused-ring (bicyclic) bond motifs is 1. The van der Waals surface area contributed by atoms with Gasteiger partial charge in [-0.3, -0.25) is 4.79 Å². The molecule has 0 unspecified atom stereocenters. The Morgan fingerprint density at radius 3 is 2.92 bits per heavy atom. The number of hydrogen-bond donors (Lipinski definition) is 0. The topological polar surface area (TPSA) is 47.4 Å². The van der Waals surface area contributed by atoms with Crippen LogP contribution in [0.2, 0.25) is 0 Å². The molecule has 5 nitrogen and oxygen atoms in total. The SMILES string of the molecule is C=CCn1c([C@H]2CC(=O)N(c3cccc(OC)c3)C2)nc2ccccc21. The van der Waals surface area contributed by atoms with Crippen molar-refractivity contribution in [1.29, 1.82) is 0 Å². The van der Waals surface area contributed by atoms with Gasteiger partial charge in [0, 0.05) is 37.2 Å². The first kappa shape index (κ1) is 16.4. The van der Waals surface area contributed by atoms with E-state index in [-0.39, 0.29) is 11.8 Å². The number of rotatable bonds is 5. The molecule has 1 aromatic heterocycles. The fraction of sp³-hybridized carbons (Fsp3) is 0.238. The van der Waals surface area contributed by atoms with Gasteiger partial charge in [-0.05, 0) is 24.3 Å². The maximum Gasteiger partial charge on any atom is 0.227 e. The lowest BCUT2D eigenvalue weighted by Crippen LogP contribution is -2.24. The van der Waals surface area contributed by atoms with Crippen LogP contribution in [0.15, 0.2) is 61.2 Å². The highest BCUT2D eigenvalue weighted by Gasteiger charge is 2.34. The number of imidazole rings is 1. The first-order chi connectivity index (χ1) is 12.7. The molecule has 0 aliphatic carbocycles. The van der Waals surface area contributed by atoms with Crippen LogP contribution in [0.1, 0.15) is 18.2 Å². The molecule has 1 aliphatic rings. The molecule has 0 spiro atoms. The fourth-order valence-electron chi connectivity index (χ4n) is 3.64. The van der Waals surface area contributed by atoms with Crippen LogP contribution >= 0.6 is 0 Å². The molecular weight excluding hydrogens is 326 g/mol. The molecule has 1 aliphatic heterocycles. The maximum atomic E-state index is 12.7. The highest BCUT2D eigenvalue weighted by molar-refractivity contribution is 5.96. The number of ether oxygens (including phenoxy) is 1. The van der Waals surface area contributed by atoms with Crippen molar-refractivity contribution in [2.45, 2.75) is 18.9 Å². The van der Waals surface area contributed by atoms with E-state index in [1.54, 1.807) is 7.11 Å². The first-order valence-electron chi connectivity index (χ1n) is 8.71. The van der Waals surface area contributed by atoms with E-state index in [4.69, 9.17) is 9.72 Å². The molecule has 0 bridgehead atoms. The van der Waals surface area contributed by atoms with E-state index < -0.39 is 0 Å². The van der Waals surface area contributed by atoms with Gasteiger partial charge in [-0.2, -0.15) is 0 Å². The second-order valence-corrected chi connectivity index (χ2v) is 6.46. The third-order valence-corrected chi connectivity index (χ3v) is 4.85. The van der Waals surface area contributed by atoms with Gasteiger partial charge in [0.15, 0.2) is 0 Å². The molecule has 4 rings (SSSR count). The largest absolute Gasteiger partial charge is 0.497 e. The Hall–Kier alpha value is -3.08. The quantitative estimate of drug-likeness (QED) is 0.661. The van der Waals surface area contributed by atoms with E-state index >= 15 is 0 Å². The summed E-state index contributed by atoms with van der Waals surface area (Å²) in [6.45, 7) is 5.16. The van der Waals surface area contributed by atoms with E-state index in [1.807, 2.05) is 53.4 Å². The molecule has 0 N–H and O–H groups in total. The van der Waals surface area contributed by atoms with Crippen LogP contribution in [-0.2, 0) is 11.3 Å². The predicted octanol–water partition coefficient (Wildman–Crippen LogP) is 3.75. The molecule has 132 valence electrons. The van der Waals surface area contributed by atoms with Crippen LogP contribution in [0.4, 0.5) is 5.69 Å². The summed E-state index contributed by atoms with van der Waals surface area (Å²) in [4.78, 5) is 19.3. The predicted molar refractivity (Wildman–Crippen MR) is 103 cm³/mol. The van der Waals surface area contributed by atoms with Crippen LogP contribution in [0.5, 0.6) is 5.75 Å².